The van der Waals surface area contributed by atoms with Crippen molar-refractivity contribution in [2.75, 3.05) is 11.9 Å². The van der Waals surface area contributed by atoms with Gasteiger partial charge in [0, 0.05) is 30.8 Å². The topological polar surface area (TPSA) is 49.4 Å². The third kappa shape index (κ3) is 3.31. The van der Waals surface area contributed by atoms with Gasteiger partial charge in [0.1, 0.15) is 11.6 Å². The van der Waals surface area contributed by atoms with Crippen LogP contribution in [0.1, 0.15) is 34.3 Å². The standard InChI is InChI=1S/C20H18F2N2O2/c21-15-4-6-17(18(22)10-15)19(25)23-16-5-3-12-7-8-24(11-14(12)9-16)20(26)13-1-2-13/h3-6,9-10,13H,1-2,7-8,11H2,(H,23,25). The summed E-state index contributed by atoms with van der Waals surface area (Å²) in [4.78, 5) is 26.4. The molecule has 2 aromatic carbocycles. The molecule has 4 nitrogen and oxygen atoms in total. The summed E-state index contributed by atoms with van der Waals surface area (Å²) >= 11 is 0. The number of hydrogen-bond donors (Lipinski definition) is 1. The van der Waals surface area contributed by atoms with Gasteiger partial charge in [-0.3, -0.25) is 9.59 Å². The van der Waals surface area contributed by atoms with Gasteiger partial charge >= 0.3 is 0 Å². The lowest BCUT2D eigenvalue weighted by atomic mass is 9.98. The lowest BCUT2D eigenvalue weighted by Crippen LogP contribution is -2.36. The van der Waals surface area contributed by atoms with E-state index in [9.17, 15) is 18.4 Å². The van der Waals surface area contributed by atoms with Crippen LogP contribution in [0.3, 0.4) is 0 Å². The van der Waals surface area contributed by atoms with E-state index in [2.05, 4.69) is 5.32 Å². The number of fused-ring (bicyclic) bond motifs is 1. The normalized spacial score (nSPS) is 16.2. The number of rotatable bonds is 3. The molecule has 2 aliphatic rings. The van der Waals surface area contributed by atoms with E-state index in [4.69, 9.17) is 0 Å². The highest BCUT2D eigenvalue weighted by atomic mass is 19.1. The van der Waals surface area contributed by atoms with Gasteiger partial charge in [-0.1, -0.05) is 6.07 Å². The highest BCUT2D eigenvalue weighted by molar-refractivity contribution is 6.04. The van der Waals surface area contributed by atoms with Crippen molar-refractivity contribution in [2.24, 2.45) is 5.92 Å². The van der Waals surface area contributed by atoms with Crippen LogP contribution in [0.5, 0.6) is 0 Å². The van der Waals surface area contributed by atoms with Crippen molar-refractivity contribution in [3.8, 4) is 0 Å². The van der Waals surface area contributed by atoms with Gasteiger partial charge in [0.25, 0.3) is 5.91 Å². The lowest BCUT2D eigenvalue weighted by molar-refractivity contribution is -0.133. The zero-order chi connectivity index (χ0) is 18.3. The average molecular weight is 356 g/mol. The Bertz CT molecular complexity index is 893. The molecule has 4 rings (SSSR count). The Morgan fingerprint density at radius 1 is 1.04 bits per heavy atom. The van der Waals surface area contributed by atoms with Crippen molar-refractivity contribution in [3.05, 3.63) is 64.7 Å². The summed E-state index contributed by atoms with van der Waals surface area (Å²) < 4.78 is 26.7. The predicted molar refractivity (Wildman–Crippen MR) is 92.6 cm³/mol. The Hall–Kier alpha value is -2.76. The number of hydrogen-bond acceptors (Lipinski definition) is 2. The molecule has 1 saturated carbocycles. The third-order valence-corrected chi connectivity index (χ3v) is 4.89. The van der Waals surface area contributed by atoms with E-state index in [1.165, 1.54) is 0 Å². The van der Waals surface area contributed by atoms with Gasteiger partial charge in [0.2, 0.25) is 5.91 Å². The predicted octanol–water partition coefficient (Wildman–Crippen LogP) is 3.51. The van der Waals surface area contributed by atoms with Crippen LogP contribution in [-0.2, 0) is 17.8 Å². The van der Waals surface area contributed by atoms with Crippen molar-refractivity contribution in [3.63, 3.8) is 0 Å². The van der Waals surface area contributed by atoms with E-state index in [-0.39, 0.29) is 17.4 Å². The molecular formula is C20H18F2N2O2. The van der Waals surface area contributed by atoms with E-state index >= 15 is 0 Å². The number of carbonyl (C=O) groups excluding carboxylic acids is 2. The zero-order valence-corrected chi connectivity index (χ0v) is 14.1. The third-order valence-electron chi connectivity index (χ3n) is 4.89. The molecule has 2 amide bonds. The molecule has 2 aromatic rings. The minimum atomic E-state index is -0.901. The monoisotopic (exact) mass is 356 g/mol. The molecule has 26 heavy (non-hydrogen) atoms. The average Bonchev–Trinajstić information content (AvgIpc) is 3.45. The van der Waals surface area contributed by atoms with Crippen molar-refractivity contribution < 1.29 is 18.4 Å². The van der Waals surface area contributed by atoms with Crippen molar-refractivity contribution in [1.29, 1.82) is 0 Å². The molecule has 0 unspecified atom stereocenters. The van der Waals surface area contributed by atoms with Gasteiger partial charge in [-0.2, -0.15) is 0 Å². The van der Waals surface area contributed by atoms with Crippen LogP contribution >= 0.6 is 0 Å². The summed E-state index contributed by atoms with van der Waals surface area (Å²) in [5, 5.41) is 2.64. The summed E-state index contributed by atoms with van der Waals surface area (Å²) in [6, 6.07) is 8.35. The first-order valence-corrected chi connectivity index (χ1v) is 8.68. The summed E-state index contributed by atoms with van der Waals surface area (Å²) in [5.74, 6) is -1.88. The molecule has 0 atom stereocenters. The number of halogens is 2. The van der Waals surface area contributed by atoms with Gasteiger partial charge in [-0.25, -0.2) is 8.78 Å². The molecule has 0 spiro atoms. The smallest absolute Gasteiger partial charge is 0.258 e. The number of nitrogens with one attached hydrogen (secondary N) is 1. The molecule has 1 aliphatic heterocycles. The minimum Gasteiger partial charge on any atom is -0.338 e. The number of amides is 2. The Labute approximate surface area is 149 Å². The maximum atomic E-state index is 13.8. The van der Waals surface area contributed by atoms with Crippen LogP contribution in [0.25, 0.3) is 0 Å². The summed E-state index contributed by atoms with van der Waals surface area (Å²) in [6.45, 7) is 1.24. The van der Waals surface area contributed by atoms with Gasteiger partial charge in [0.05, 0.1) is 5.56 Å². The molecule has 1 aliphatic carbocycles. The minimum absolute atomic E-state index is 0.181. The second kappa shape index (κ2) is 6.52. The van der Waals surface area contributed by atoms with Crippen LogP contribution in [0, 0.1) is 17.6 Å². The van der Waals surface area contributed by atoms with Gasteiger partial charge in [0.15, 0.2) is 0 Å². The largest absolute Gasteiger partial charge is 0.338 e. The Balaban J connectivity index is 1.51. The number of anilines is 1. The van der Waals surface area contributed by atoms with E-state index in [1.54, 1.807) is 6.07 Å². The molecule has 1 fully saturated rings. The first kappa shape index (κ1) is 16.7. The summed E-state index contributed by atoms with van der Waals surface area (Å²) in [7, 11) is 0. The molecule has 0 aromatic heterocycles. The van der Waals surface area contributed by atoms with Crippen molar-refractivity contribution >= 4 is 17.5 Å². The fraction of sp³-hybridized carbons (Fsp3) is 0.300. The molecule has 0 radical (unpaired) electrons. The zero-order valence-electron chi connectivity index (χ0n) is 14.1. The van der Waals surface area contributed by atoms with E-state index in [0.29, 0.717) is 18.3 Å². The van der Waals surface area contributed by atoms with Gasteiger partial charge in [-0.15, -0.1) is 0 Å². The fourth-order valence-electron chi connectivity index (χ4n) is 3.28. The molecule has 1 N–H and O–H groups in total. The molecule has 0 saturated heterocycles. The molecular weight excluding hydrogens is 338 g/mol. The van der Waals surface area contributed by atoms with Crippen LogP contribution in [-0.4, -0.2) is 23.3 Å². The van der Waals surface area contributed by atoms with E-state index in [0.717, 1.165) is 49.1 Å². The summed E-state index contributed by atoms with van der Waals surface area (Å²) in [6.07, 6.45) is 2.73. The maximum absolute atomic E-state index is 13.8. The van der Waals surface area contributed by atoms with Crippen LogP contribution in [0.2, 0.25) is 0 Å². The lowest BCUT2D eigenvalue weighted by Gasteiger charge is -2.29. The van der Waals surface area contributed by atoms with E-state index < -0.39 is 17.5 Å². The second-order valence-electron chi connectivity index (χ2n) is 6.85. The van der Waals surface area contributed by atoms with Crippen LogP contribution in [0.15, 0.2) is 36.4 Å². The first-order valence-electron chi connectivity index (χ1n) is 8.68. The number of benzene rings is 2. The molecule has 134 valence electrons. The van der Waals surface area contributed by atoms with Gasteiger partial charge < -0.3 is 10.2 Å². The summed E-state index contributed by atoms with van der Waals surface area (Å²) in [5.41, 5.74) is 2.45. The Morgan fingerprint density at radius 2 is 1.85 bits per heavy atom. The second-order valence-corrected chi connectivity index (χ2v) is 6.85. The van der Waals surface area contributed by atoms with E-state index in [1.807, 2.05) is 17.0 Å². The highest BCUT2D eigenvalue weighted by Crippen LogP contribution is 2.33. The Morgan fingerprint density at radius 3 is 2.58 bits per heavy atom. The van der Waals surface area contributed by atoms with Crippen LogP contribution < -0.4 is 5.32 Å². The number of nitrogens with zero attached hydrogens (tertiary/aromatic N) is 1. The molecule has 6 heteroatoms. The van der Waals surface area contributed by atoms with Gasteiger partial charge in [-0.05, 0) is 54.7 Å². The SMILES string of the molecule is O=C(Nc1ccc2c(c1)CN(C(=O)C1CC1)CC2)c1ccc(F)cc1F. The maximum Gasteiger partial charge on any atom is 0.258 e. The Kier molecular flexibility index (Phi) is 4.18. The highest BCUT2D eigenvalue weighted by Gasteiger charge is 2.34. The molecule has 1 heterocycles. The fourth-order valence-corrected chi connectivity index (χ4v) is 3.28. The molecule has 0 bridgehead atoms. The number of carbonyl (C=O) groups is 2. The quantitative estimate of drug-likeness (QED) is 0.915. The first-order chi connectivity index (χ1) is 12.5. The van der Waals surface area contributed by atoms with Crippen molar-refractivity contribution in [1.82, 2.24) is 4.90 Å². The van der Waals surface area contributed by atoms with Crippen LogP contribution in [0.4, 0.5) is 14.5 Å². The van der Waals surface area contributed by atoms with Crippen molar-refractivity contribution in [2.45, 2.75) is 25.8 Å².